The van der Waals surface area contributed by atoms with Crippen molar-refractivity contribution in [2.75, 3.05) is 5.32 Å². The molecule has 0 saturated carbocycles. The average Bonchev–Trinajstić information content (AvgIpc) is 2.97. The number of thiazole rings is 1. The first-order valence-corrected chi connectivity index (χ1v) is 8.20. The van der Waals surface area contributed by atoms with E-state index in [1.165, 1.54) is 43.3 Å². The standard InChI is InChI=1S/C17H12FN3O4S/c1-10(22)19-17-20-15(11-2-4-12(18)5-3-11)16(26-17)25-14-8-6-13(7-9-14)21(23)24/h2-9H,1H3,(H,19,20,22). The molecule has 1 N–H and O–H groups in total. The fraction of sp³-hybridized carbons (Fsp3) is 0.0588. The number of carbonyl (C=O) groups is 1. The topological polar surface area (TPSA) is 94.4 Å². The summed E-state index contributed by atoms with van der Waals surface area (Å²) in [7, 11) is 0. The van der Waals surface area contributed by atoms with Crippen molar-refractivity contribution in [2.24, 2.45) is 0 Å². The summed E-state index contributed by atoms with van der Waals surface area (Å²) >= 11 is 1.10. The van der Waals surface area contributed by atoms with Crippen molar-refractivity contribution in [1.29, 1.82) is 0 Å². The van der Waals surface area contributed by atoms with Gasteiger partial charge >= 0.3 is 0 Å². The number of aromatic nitrogens is 1. The smallest absolute Gasteiger partial charge is 0.269 e. The van der Waals surface area contributed by atoms with Crippen LogP contribution in [0.1, 0.15) is 6.92 Å². The van der Waals surface area contributed by atoms with E-state index >= 15 is 0 Å². The maximum atomic E-state index is 13.2. The number of amides is 1. The number of halogens is 1. The normalized spacial score (nSPS) is 10.4. The lowest BCUT2D eigenvalue weighted by atomic mass is 10.2. The number of anilines is 1. The molecule has 1 heterocycles. The molecule has 0 unspecified atom stereocenters. The van der Waals surface area contributed by atoms with Crippen LogP contribution in [-0.4, -0.2) is 15.8 Å². The molecule has 0 aliphatic heterocycles. The van der Waals surface area contributed by atoms with Gasteiger partial charge in [0, 0.05) is 24.6 Å². The fourth-order valence-electron chi connectivity index (χ4n) is 2.11. The van der Waals surface area contributed by atoms with Gasteiger partial charge in [0.05, 0.1) is 4.92 Å². The summed E-state index contributed by atoms with van der Waals surface area (Å²) in [6.45, 7) is 1.36. The van der Waals surface area contributed by atoms with E-state index in [0.717, 1.165) is 11.3 Å². The van der Waals surface area contributed by atoms with Crippen molar-refractivity contribution in [1.82, 2.24) is 4.98 Å². The van der Waals surface area contributed by atoms with Crippen molar-refractivity contribution in [3.8, 4) is 22.1 Å². The SMILES string of the molecule is CC(=O)Nc1nc(-c2ccc(F)cc2)c(Oc2ccc([N+](=O)[O-])cc2)s1. The lowest BCUT2D eigenvalue weighted by molar-refractivity contribution is -0.384. The van der Waals surface area contributed by atoms with Crippen LogP contribution in [0, 0.1) is 15.9 Å². The predicted octanol–water partition coefficient (Wildman–Crippen LogP) is 4.61. The Kier molecular flexibility index (Phi) is 4.90. The summed E-state index contributed by atoms with van der Waals surface area (Å²) in [4.78, 5) is 25.8. The number of hydrogen-bond donors (Lipinski definition) is 1. The van der Waals surface area contributed by atoms with Gasteiger partial charge in [-0.25, -0.2) is 9.37 Å². The molecule has 2 aromatic carbocycles. The summed E-state index contributed by atoms with van der Waals surface area (Å²) in [5.74, 6) is -0.299. The molecule has 0 aliphatic carbocycles. The van der Waals surface area contributed by atoms with E-state index < -0.39 is 4.92 Å². The van der Waals surface area contributed by atoms with Crippen LogP contribution in [0.25, 0.3) is 11.3 Å². The minimum Gasteiger partial charge on any atom is -0.444 e. The highest BCUT2D eigenvalue weighted by molar-refractivity contribution is 7.18. The molecule has 1 aromatic heterocycles. The minimum absolute atomic E-state index is 0.0562. The molecule has 0 atom stereocenters. The molecule has 3 aromatic rings. The number of nitro groups is 1. The van der Waals surface area contributed by atoms with E-state index in [4.69, 9.17) is 4.74 Å². The van der Waals surface area contributed by atoms with E-state index in [2.05, 4.69) is 10.3 Å². The van der Waals surface area contributed by atoms with Gasteiger partial charge in [0.15, 0.2) is 5.13 Å². The second kappa shape index (κ2) is 7.28. The molecular formula is C17H12FN3O4S. The van der Waals surface area contributed by atoms with E-state index in [1.807, 2.05) is 0 Å². The molecule has 9 heteroatoms. The highest BCUT2D eigenvalue weighted by Crippen LogP contribution is 2.40. The molecule has 26 heavy (non-hydrogen) atoms. The Hall–Kier alpha value is -3.33. The number of nitro benzene ring substituents is 1. The van der Waals surface area contributed by atoms with Gasteiger partial charge < -0.3 is 10.1 Å². The van der Waals surface area contributed by atoms with Crippen LogP contribution >= 0.6 is 11.3 Å². The van der Waals surface area contributed by atoms with E-state index in [-0.39, 0.29) is 17.4 Å². The van der Waals surface area contributed by atoms with Gasteiger partial charge in [0.1, 0.15) is 17.3 Å². The first-order chi connectivity index (χ1) is 12.4. The van der Waals surface area contributed by atoms with E-state index in [0.29, 0.717) is 27.2 Å². The second-order valence-electron chi connectivity index (χ2n) is 5.20. The number of nitrogens with one attached hydrogen (secondary N) is 1. The number of nitrogens with zero attached hydrogens (tertiary/aromatic N) is 2. The summed E-state index contributed by atoms with van der Waals surface area (Å²) in [5, 5.41) is 14.0. The Balaban J connectivity index is 1.95. The fourth-order valence-corrected chi connectivity index (χ4v) is 3.02. The number of carbonyl (C=O) groups excluding carboxylic acids is 1. The number of rotatable bonds is 5. The van der Waals surface area contributed by atoms with Gasteiger partial charge in [-0.15, -0.1) is 0 Å². The first-order valence-electron chi connectivity index (χ1n) is 7.39. The third kappa shape index (κ3) is 4.01. The van der Waals surface area contributed by atoms with Crippen molar-refractivity contribution in [3.05, 3.63) is 64.5 Å². The molecule has 7 nitrogen and oxygen atoms in total. The highest BCUT2D eigenvalue weighted by Gasteiger charge is 2.17. The molecule has 0 spiro atoms. The third-order valence-electron chi connectivity index (χ3n) is 3.25. The Morgan fingerprint density at radius 1 is 1.19 bits per heavy atom. The Morgan fingerprint density at radius 2 is 1.85 bits per heavy atom. The lowest BCUT2D eigenvalue weighted by Gasteiger charge is -2.05. The molecule has 0 bridgehead atoms. The van der Waals surface area contributed by atoms with Crippen molar-refractivity contribution in [2.45, 2.75) is 6.92 Å². The second-order valence-corrected chi connectivity index (χ2v) is 6.16. The van der Waals surface area contributed by atoms with Crippen LogP contribution in [0.2, 0.25) is 0 Å². The largest absolute Gasteiger partial charge is 0.444 e. The summed E-state index contributed by atoms with van der Waals surface area (Å²) in [6.07, 6.45) is 0. The maximum Gasteiger partial charge on any atom is 0.269 e. The minimum atomic E-state index is -0.505. The highest BCUT2D eigenvalue weighted by atomic mass is 32.1. The van der Waals surface area contributed by atoms with Crippen LogP contribution in [0.5, 0.6) is 10.8 Å². The van der Waals surface area contributed by atoms with Crippen LogP contribution in [-0.2, 0) is 4.79 Å². The molecule has 0 radical (unpaired) electrons. The quantitative estimate of drug-likeness (QED) is 0.521. The summed E-state index contributed by atoms with van der Waals surface area (Å²) < 4.78 is 18.9. The van der Waals surface area contributed by atoms with E-state index in [9.17, 15) is 19.3 Å². The molecule has 0 aliphatic rings. The maximum absolute atomic E-state index is 13.2. The summed E-state index contributed by atoms with van der Waals surface area (Å²) in [6, 6.07) is 11.3. The zero-order valence-electron chi connectivity index (χ0n) is 13.4. The number of ether oxygens (including phenoxy) is 1. The van der Waals surface area contributed by atoms with Crippen LogP contribution < -0.4 is 10.1 Å². The molecule has 132 valence electrons. The molecule has 0 saturated heterocycles. The van der Waals surface area contributed by atoms with Crippen molar-refractivity contribution >= 4 is 28.1 Å². The Labute approximate surface area is 151 Å². The molecule has 1 amide bonds. The number of non-ortho nitro benzene ring substituents is 1. The van der Waals surface area contributed by atoms with Gasteiger partial charge in [0.25, 0.3) is 5.69 Å². The van der Waals surface area contributed by atoms with Crippen LogP contribution in [0.4, 0.5) is 15.2 Å². The zero-order valence-corrected chi connectivity index (χ0v) is 14.2. The van der Waals surface area contributed by atoms with Gasteiger partial charge in [-0.2, -0.15) is 0 Å². The van der Waals surface area contributed by atoms with Crippen molar-refractivity contribution < 1.29 is 18.8 Å². The summed E-state index contributed by atoms with van der Waals surface area (Å²) in [5.41, 5.74) is 0.979. The number of hydrogen-bond acceptors (Lipinski definition) is 6. The van der Waals surface area contributed by atoms with Gasteiger partial charge in [0.2, 0.25) is 11.0 Å². The van der Waals surface area contributed by atoms with Gasteiger partial charge in [-0.3, -0.25) is 14.9 Å². The molecule has 3 rings (SSSR count). The average molecular weight is 373 g/mol. The Morgan fingerprint density at radius 3 is 2.42 bits per heavy atom. The van der Waals surface area contributed by atoms with Gasteiger partial charge in [-0.1, -0.05) is 11.3 Å². The van der Waals surface area contributed by atoms with Crippen LogP contribution in [0.15, 0.2) is 48.5 Å². The van der Waals surface area contributed by atoms with Gasteiger partial charge in [-0.05, 0) is 36.4 Å². The monoisotopic (exact) mass is 373 g/mol. The molecule has 0 fully saturated rings. The third-order valence-corrected chi connectivity index (χ3v) is 4.10. The first kappa shape index (κ1) is 17.5. The zero-order chi connectivity index (χ0) is 18.7. The van der Waals surface area contributed by atoms with Crippen LogP contribution in [0.3, 0.4) is 0 Å². The number of benzene rings is 2. The lowest BCUT2D eigenvalue weighted by Crippen LogP contribution is -2.04. The Bertz CT molecular complexity index is 955. The van der Waals surface area contributed by atoms with Crippen molar-refractivity contribution in [3.63, 3.8) is 0 Å². The predicted molar refractivity (Wildman–Crippen MR) is 95.0 cm³/mol. The molecular weight excluding hydrogens is 361 g/mol. The van der Waals surface area contributed by atoms with E-state index in [1.54, 1.807) is 12.1 Å².